The van der Waals surface area contributed by atoms with Gasteiger partial charge in [-0.15, -0.1) is 0 Å². The predicted molar refractivity (Wildman–Crippen MR) is 93.8 cm³/mol. The number of fused-ring (bicyclic) bond motifs is 2. The molecule has 0 spiro atoms. The minimum absolute atomic E-state index is 0.130. The van der Waals surface area contributed by atoms with Gasteiger partial charge < -0.3 is 9.47 Å². The number of hydrogen-bond donors (Lipinski definition) is 0. The monoisotopic (exact) mass is 336 g/mol. The molecular weight excluding hydrogens is 316 g/mol. The first-order chi connectivity index (χ1) is 12.2. The van der Waals surface area contributed by atoms with Gasteiger partial charge in [-0.1, -0.05) is 6.07 Å². The summed E-state index contributed by atoms with van der Waals surface area (Å²) in [5.74, 6) is -0.159. The minimum atomic E-state index is -0.159. The van der Waals surface area contributed by atoms with E-state index in [0.29, 0.717) is 26.0 Å². The fraction of sp³-hybridized carbons (Fsp3) is 0.350. The van der Waals surface area contributed by atoms with Crippen molar-refractivity contribution in [1.82, 2.24) is 4.98 Å². The minimum Gasteiger partial charge on any atom is -0.462 e. The van der Waals surface area contributed by atoms with Crippen molar-refractivity contribution in [2.24, 2.45) is 4.99 Å². The second-order valence-corrected chi connectivity index (χ2v) is 6.45. The standard InChI is InChI=1S/C20H20N2O3/c1-24-7-4-17-9-15-10-18-16(8-14(15)11-19(23)25-17)12-22-20(18)13-2-5-21-6-3-13/h2-3,5-6,8,10,17H,4,7,9,11-12H2,1H3. The van der Waals surface area contributed by atoms with Crippen LogP contribution < -0.4 is 0 Å². The normalized spacial score (nSPS) is 18.8. The highest BCUT2D eigenvalue weighted by molar-refractivity contribution is 6.15. The average molecular weight is 336 g/mol. The van der Waals surface area contributed by atoms with Crippen molar-refractivity contribution in [1.29, 1.82) is 0 Å². The molecule has 3 heterocycles. The molecule has 5 nitrogen and oxygen atoms in total. The number of methoxy groups -OCH3 is 1. The molecule has 0 fully saturated rings. The molecule has 0 aliphatic carbocycles. The molecule has 1 aromatic carbocycles. The van der Waals surface area contributed by atoms with Crippen LogP contribution >= 0.6 is 0 Å². The van der Waals surface area contributed by atoms with Crippen molar-refractivity contribution in [3.05, 3.63) is 64.5 Å². The summed E-state index contributed by atoms with van der Waals surface area (Å²) >= 11 is 0. The number of carbonyl (C=O) groups is 1. The van der Waals surface area contributed by atoms with Gasteiger partial charge in [0.1, 0.15) is 6.10 Å². The van der Waals surface area contributed by atoms with Crippen LogP contribution in [0.2, 0.25) is 0 Å². The molecule has 1 unspecified atom stereocenters. The van der Waals surface area contributed by atoms with Crippen molar-refractivity contribution >= 4 is 11.7 Å². The summed E-state index contributed by atoms with van der Waals surface area (Å²) < 4.78 is 10.7. The summed E-state index contributed by atoms with van der Waals surface area (Å²) in [5.41, 5.74) is 6.65. The molecule has 0 radical (unpaired) electrons. The fourth-order valence-corrected chi connectivity index (χ4v) is 3.53. The molecule has 1 aromatic heterocycles. The van der Waals surface area contributed by atoms with Crippen LogP contribution in [0.4, 0.5) is 0 Å². The second kappa shape index (κ2) is 6.76. The zero-order valence-corrected chi connectivity index (χ0v) is 14.2. The number of ether oxygens (including phenoxy) is 2. The molecule has 2 aliphatic rings. The molecule has 1 atom stereocenters. The van der Waals surface area contributed by atoms with Crippen LogP contribution in [-0.2, 0) is 33.7 Å². The van der Waals surface area contributed by atoms with Crippen LogP contribution in [0.15, 0.2) is 41.7 Å². The molecule has 5 heteroatoms. The van der Waals surface area contributed by atoms with Crippen LogP contribution in [-0.4, -0.2) is 36.5 Å². The Morgan fingerprint density at radius 2 is 2.04 bits per heavy atom. The van der Waals surface area contributed by atoms with Gasteiger partial charge in [-0.2, -0.15) is 0 Å². The van der Waals surface area contributed by atoms with E-state index in [1.54, 1.807) is 19.5 Å². The number of aliphatic imine (C=N–C) groups is 1. The van der Waals surface area contributed by atoms with Crippen molar-refractivity contribution < 1.29 is 14.3 Å². The lowest BCUT2D eigenvalue weighted by atomic mass is 9.91. The van der Waals surface area contributed by atoms with E-state index in [1.807, 2.05) is 12.1 Å². The van der Waals surface area contributed by atoms with Gasteiger partial charge in [0.05, 0.1) is 18.7 Å². The van der Waals surface area contributed by atoms with Gasteiger partial charge >= 0.3 is 5.97 Å². The Morgan fingerprint density at radius 3 is 2.84 bits per heavy atom. The number of aromatic nitrogens is 1. The molecule has 128 valence electrons. The smallest absolute Gasteiger partial charge is 0.310 e. The van der Waals surface area contributed by atoms with E-state index in [0.717, 1.165) is 28.8 Å². The maximum absolute atomic E-state index is 12.1. The fourth-order valence-electron chi connectivity index (χ4n) is 3.53. The molecule has 25 heavy (non-hydrogen) atoms. The topological polar surface area (TPSA) is 60.8 Å². The molecule has 0 saturated heterocycles. The Morgan fingerprint density at radius 1 is 1.20 bits per heavy atom. The summed E-state index contributed by atoms with van der Waals surface area (Å²) in [7, 11) is 1.66. The van der Waals surface area contributed by atoms with Gasteiger partial charge in [-0.05, 0) is 34.9 Å². The van der Waals surface area contributed by atoms with Gasteiger partial charge in [-0.3, -0.25) is 14.8 Å². The highest BCUT2D eigenvalue weighted by atomic mass is 16.5. The second-order valence-electron chi connectivity index (χ2n) is 6.45. The molecule has 0 N–H and O–H groups in total. The van der Waals surface area contributed by atoms with Crippen molar-refractivity contribution in [2.45, 2.75) is 31.9 Å². The van der Waals surface area contributed by atoms with E-state index < -0.39 is 0 Å². The SMILES string of the molecule is COCCC1Cc2cc3c(cc2CC(=O)O1)CN=C3c1ccncc1. The number of esters is 1. The summed E-state index contributed by atoms with van der Waals surface area (Å²) in [5, 5.41) is 0. The third-order valence-corrected chi connectivity index (χ3v) is 4.77. The zero-order chi connectivity index (χ0) is 17.2. The van der Waals surface area contributed by atoms with Gasteiger partial charge in [0, 0.05) is 50.1 Å². The van der Waals surface area contributed by atoms with E-state index >= 15 is 0 Å². The van der Waals surface area contributed by atoms with E-state index in [9.17, 15) is 4.79 Å². The first kappa shape index (κ1) is 16.0. The summed E-state index contributed by atoms with van der Waals surface area (Å²) in [6.45, 7) is 1.24. The van der Waals surface area contributed by atoms with E-state index in [1.165, 1.54) is 11.1 Å². The molecule has 0 saturated carbocycles. The average Bonchev–Trinajstić information content (AvgIpc) is 2.95. The zero-order valence-electron chi connectivity index (χ0n) is 14.2. The molecular formula is C20H20N2O3. The van der Waals surface area contributed by atoms with Gasteiger partial charge in [0.15, 0.2) is 0 Å². The van der Waals surface area contributed by atoms with Crippen LogP contribution in [0.5, 0.6) is 0 Å². The first-order valence-corrected chi connectivity index (χ1v) is 8.53. The highest BCUT2D eigenvalue weighted by Gasteiger charge is 2.26. The van der Waals surface area contributed by atoms with Crippen molar-refractivity contribution in [3.8, 4) is 0 Å². The Balaban J connectivity index is 1.69. The predicted octanol–water partition coefficient (Wildman–Crippen LogP) is 2.48. The number of hydrogen-bond acceptors (Lipinski definition) is 5. The van der Waals surface area contributed by atoms with Gasteiger partial charge in [0.25, 0.3) is 0 Å². The summed E-state index contributed by atoms with van der Waals surface area (Å²) in [6, 6.07) is 8.28. The molecule has 2 aliphatic heterocycles. The number of carbonyl (C=O) groups excluding carboxylic acids is 1. The van der Waals surface area contributed by atoms with E-state index in [-0.39, 0.29) is 12.1 Å². The quantitative estimate of drug-likeness (QED) is 0.805. The van der Waals surface area contributed by atoms with Crippen LogP contribution in [0, 0.1) is 0 Å². The lowest BCUT2D eigenvalue weighted by Crippen LogP contribution is -2.20. The third-order valence-electron chi connectivity index (χ3n) is 4.77. The number of cyclic esters (lactones) is 1. The molecule has 4 rings (SSSR count). The number of benzene rings is 1. The maximum Gasteiger partial charge on any atom is 0.310 e. The third kappa shape index (κ3) is 3.20. The number of pyridine rings is 1. The van der Waals surface area contributed by atoms with Crippen LogP contribution in [0.3, 0.4) is 0 Å². The van der Waals surface area contributed by atoms with Crippen LogP contribution in [0.1, 0.15) is 34.2 Å². The maximum atomic E-state index is 12.1. The largest absolute Gasteiger partial charge is 0.462 e. The Kier molecular flexibility index (Phi) is 4.32. The van der Waals surface area contributed by atoms with Gasteiger partial charge in [-0.25, -0.2) is 0 Å². The van der Waals surface area contributed by atoms with E-state index in [2.05, 4.69) is 17.1 Å². The molecule has 0 amide bonds. The number of rotatable bonds is 4. The number of nitrogens with zero attached hydrogens (tertiary/aromatic N) is 2. The molecule has 2 aromatic rings. The Bertz CT molecular complexity index is 830. The van der Waals surface area contributed by atoms with E-state index in [4.69, 9.17) is 14.5 Å². The Hall–Kier alpha value is -2.53. The lowest BCUT2D eigenvalue weighted by Gasteiger charge is -2.15. The van der Waals surface area contributed by atoms with Crippen LogP contribution in [0.25, 0.3) is 0 Å². The summed E-state index contributed by atoms with van der Waals surface area (Å²) in [4.78, 5) is 20.9. The summed E-state index contributed by atoms with van der Waals surface area (Å²) in [6.07, 6.45) is 5.20. The molecule has 0 bridgehead atoms. The Labute approximate surface area is 146 Å². The first-order valence-electron chi connectivity index (χ1n) is 8.53. The van der Waals surface area contributed by atoms with Crippen molar-refractivity contribution in [2.75, 3.05) is 13.7 Å². The highest BCUT2D eigenvalue weighted by Crippen LogP contribution is 2.29. The lowest BCUT2D eigenvalue weighted by molar-refractivity contribution is -0.148. The van der Waals surface area contributed by atoms with Crippen molar-refractivity contribution in [3.63, 3.8) is 0 Å². The van der Waals surface area contributed by atoms with Gasteiger partial charge in [0.2, 0.25) is 0 Å².